The molecule has 0 radical (unpaired) electrons. The summed E-state index contributed by atoms with van der Waals surface area (Å²) in [7, 11) is -3.45. The zero-order chi connectivity index (χ0) is 19.4. The second-order valence-corrected chi connectivity index (χ2v) is 9.18. The lowest BCUT2D eigenvalue weighted by Gasteiger charge is -2.38. The van der Waals surface area contributed by atoms with Gasteiger partial charge in [0.15, 0.2) is 9.84 Å². The van der Waals surface area contributed by atoms with E-state index >= 15 is 0 Å². The number of piperidine rings is 1. The second kappa shape index (κ2) is 8.23. The van der Waals surface area contributed by atoms with E-state index in [0.29, 0.717) is 17.7 Å². The molecule has 2 atom stereocenters. The molecule has 6 heteroatoms. The Bertz CT molecular complexity index is 895. The number of carbonyl (C=O) groups excluding carboxylic acids is 1. The van der Waals surface area contributed by atoms with Crippen LogP contribution in [0.25, 0.3) is 0 Å². The first kappa shape index (κ1) is 19.6. The number of hydrogen-bond acceptors (Lipinski definition) is 4. The third kappa shape index (κ3) is 4.57. The Hall–Kier alpha value is -2.18. The van der Waals surface area contributed by atoms with Crippen LogP contribution in [-0.4, -0.2) is 37.9 Å². The van der Waals surface area contributed by atoms with E-state index in [9.17, 15) is 13.2 Å². The summed E-state index contributed by atoms with van der Waals surface area (Å²) in [6.07, 6.45) is 2.95. The first-order chi connectivity index (χ1) is 12.9. The van der Waals surface area contributed by atoms with Crippen molar-refractivity contribution >= 4 is 15.7 Å². The molecule has 0 bridgehead atoms. The summed E-state index contributed by atoms with van der Waals surface area (Å²) >= 11 is 0. The maximum Gasteiger partial charge on any atom is 0.254 e. The SMILES string of the molecule is C[C@H](N)[C@@H]1CCCCN1C(=O)c1cccc(CS(=O)(=O)c2ccccc2)c1. The molecule has 5 nitrogen and oxygen atoms in total. The predicted molar refractivity (Wildman–Crippen MR) is 106 cm³/mol. The fourth-order valence-corrected chi connectivity index (χ4v) is 5.00. The maximum atomic E-state index is 13.0. The number of nitrogens with two attached hydrogens (primary N) is 1. The normalized spacial score (nSPS) is 18.9. The Morgan fingerprint density at radius 3 is 2.59 bits per heavy atom. The highest BCUT2D eigenvalue weighted by Crippen LogP contribution is 2.23. The standard InChI is InChI=1S/C21H26N2O3S/c1-16(22)20-12-5-6-13-23(20)21(24)18-9-7-8-17(14-18)15-27(25,26)19-10-3-2-4-11-19/h2-4,7-11,14,16,20H,5-6,12-13,15,22H2,1H3/t16-,20-/m0/s1. The van der Waals surface area contributed by atoms with Gasteiger partial charge in [0.05, 0.1) is 10.6 Å². The molecule has 2 N–H and O–H groups in total. The molecular weight excluding hydrogens is 360 g/mol. The van der Waals surface area contributed by atoms with Gasteiger partial charge in [0.2, 0.25) is 0 Å². The summed E-state index contributed by atoms with van der Waals surface area (Å²) in [5.41, 5.74) is 7.20. The van der Waals surface area contributed by atoms with Crippen molar-refractivity contribution in [3.63, 3.8) is 0 Å². The van der Waals surface area contributed by atoms with E-state index in [1.807, 2.05) is 11.8 Å². The Morgan fingerprint density at radius 2 is 1.89 bits per heavy atom. The lowest BCUT2D eigenvalue weighted by molar-refractivity contribution is 0.0583. The van der Waals surface area contributed by atoms with E-state index in [0.717, 1.165) is 19.3 Å². The average molecular weight is 387 g/mol. The van der Waals surface area contributed by atoms with Crippen molar-refractivity contribution in [3.05, 3.63) is 65.7 Å². The summed E-state index contributed by atoms with van der Waals surface area (Å²) in [6, 6.07) is 15.2. The first-order valence-electron chi connectivity index (χ1n) is 9.32. The molecule has 2 aromatic carbocycles. The van der Waals surface area contributed by atoms with Gasteiger partial charge in [-0.1, -0.05) is 30.3 Å². The van der Waals surface area contributed by atoms with Crippen molar-refractivity contribution in [1.82, 2.24) is 4.90 Å². The topological polar surface area (TPSA) is 80.5 Å². The van der Waals surface area contributed by atoms with Gasteiger partial charge in [-0.25, -0.2) is 8.42 Å². The zero-order valence-electron chi connectivity index (χ0n) is 15.5. The maximum absolute atomic E-state index is 13.0. The van der Waals surface area contributed by atoms with Crippen LogP contribution in [0.15, 0.2) is 59.5 Å². The van der Waals surface area contributed by atoms with Gasteiger partial charge in [-0.05, 0) is 56.0 Å². The molecular formula is C21H26N2O3S. The minimum absolute atomic E-state index is 0.0305. The molecule has 0 spiro atoms. The number of rotatable bonds is 5. The van der Waals surface area contributed by atoms with Crippen LogP contribution in [0.3, 0.4) is 0 Å². The summed E-state index contributed by atoms with van der Waals surface area (Å²) in [5.74, 6) is -0.203. The van der Waals surface area contributed by atoms with Crippen molar-refractivity contribution < 1.29 is 13.2 Å². The molecule has 27 heavy (non-hydrogen) atoms. The molecule has 0 aliphatic carbocycles. The number of benzene rings is 2. The van der Waals surface area contributed by atoms with Crippen molar-refractivity contribution in [2.45, 2.75) is 48.9 Å². The number of sulfone groups is 1. The molecule has 0 saturated carbocycles. The van der Waals surface area contributed by atoms with Crippen molar-refractivity contribution in [1.29, 1.82) is 0 Å². The zero-order valence-corrected chi connectivity index (χ0v) is 16.4. The molecule has 2 aromatic rings. The Labute approximate surface area is 161 Å². The fraction of sp³-hybridized carbons (Fsp3) is 0.381. The van der Waals surface area contributed by atoms with Crippen molar-refractivity contribution in [2.24, 2.45) is 5.73 Å². The van der Waals surface area contributed by atoms with Crippen LogP contribution in [0.2, 0.25) is 0 Å². The van der Waals surface area contributed by atoms with Gasteiger partial charge in [0.1, 0.15) is 0 Å². The second-order valence-electron chi connectivity index (χ2n) is 7.19. The van der Waals surface area contributed by atoms with Crippen LogP contribution in [0, 0.1) is 0 Å². The monoisotopic (exact) mass is 386 g/mol. The highest BCUT2D eigenvalue weighted by Gasteiger charge is 2.30. The van der Waals surface area contributed by atoms with Gasteiger partial charge in [-0.3, -0.25) is 4.79 Å². The highest BCUT2D eigenvalue weighted by molar-refractivity contribution is 7.90. The third-order valence-electron chi connectivity index (χ3n) is 5.05. The number of carbonyl (C=O) groups is 1. The van der Waals surface area contributed by atoms with Crippen molar-refractivity contribution in [2.75, 3.05) is 6.54 Å². The van der Waals surface area contributed by atoms with E-state index in [4.69, 9.17) is 5.73 Å². The van der Waals surface area contributed by atoms with Crippen LogP contribution >= 0.6 is 0 Å². The molecule has 1 aliphatic heterocycles. The smallest absolute Gasteiger partial charge is 0.254 e. The number of amides is 1. The molecule has 0 aromatic heterocycles. The summed E-state index contributed by atoms with van der Waals surface area (Å²) in [6.45, 7) is 2.62. The number of likely N-dealkylation sites (tertiary alicyclic amines) is 1. The minimum atomic E-state index is -3.45. The van der Waals surface area contributed by atoms with Crippen LogP contribution < -0.4 is 5.73 Å². The van der Waals surface area contributed by atoms with Gasteiger partial charge in [-0.15, -0.1) is 0 Å². The van der Waals surface area contributed by atoms with Crippen LogP contribution in [0.5, 0.6) is 0 Å². The Morgan fingerprint density at radius 1 is 1.15 bits per heavy atom. The van der Waals surface area contributed by atoms with E-state index in [2.05, 4.69) is 0 Å². The van der Waals surface area contributed by atoms with Gasteiger partial charge in [0, 0.05) is 24.2 Å². The van der Waals surface area contributed by atoms with Crippen LogP contribution in [0.1, 0.15) is 42.1 Å². The molecule has 3 rings (SSSR count). The van der Waals surface area contributed by atoms with Gasteiger partial charge in [0.25, 0.3) is 5.91 Å². The molecule has 1 aliphatic rings. The third-order valence-corrected chi connectivity index (χ3v) is 6.75. The first-order valence-corrected chi connectivity index (χ1v) is 11.0. The lowest BCUT2D eigenvalue weighted by atomic mass is 9.96. The molecule has 1 fully saturated rings. The van der Waals surface area contributed by atoms with Gasteiger partial charge >= 0.3 is 0 Å². The molecule has 1 saturated heterocycles. The predicted octanol–water partition coefficient (Wildman–Crippen LogP) is 3.00. The fourth-order valence-electron chi connectivity index (χ4n) is 3.65. The molecule has 1 amide bonds. The lowest BCUT2D eigenvalue weighted by Crippen LogP contribution is -2.51. The average Bonchev–Trinajstić information content (AvgIpc) is 2.68. The van der Waals surface area contributed by atoms with Gasteiger partial charge < -0.3 is 10.6 Å². The molecule has 1 heterocycles. The highest BCUT2D eigenvalue weighted by atomic mass is 32.2. The largest absolute Gasteiger partial charge is 0.334 e. The van der Waals surface area contributed by atoms with Gasteiger partial charge in [-0.2, -0.15) is 0 Å². The number of nitrogens with zero attached hydrogens (tertiary/aromatic N) is 1. The Balaban J connectivity index is 1.82. The quantitative estimate of drug-likeness (QED) is 0.857. The summed E-state index contributed by atoms with van der Waals surface area (Å²) < 4.78 is 25.2. The van der Waals surface area contributed by atoms with E-state index < -0.39 is 9.84 Å². The van der Waals surface area contributed by atoms with E-state index in [-0.39, 0.29) is 28.6 Å². The van der Waals surface area contributed by atoms with Crippen molar-refractivity contribution in [3.8, 4) is 0 Å². The van der Waals surface area contributed by atoms with E-state index in [1.165, 1.54) is 0 Å². The Kier molecular flexibility index (Phi) is 5.97. The number of hydrogen-bond donors (Lipinski definition) is 1. The summed E-state index contributed by atoms with van der Waals surface area (Å²) in [5, 5.41) is 0. The summed E-state index contributed by atoms with van der Waals surface area (Å²) in [4.78, 5) is 15.2. The minimum Gasteiger partial charge on any atom is -0.334 e. The van der Waals surface area contributed by atoms with E-state index in [1.54, 1.807) is 54.6 Å². The molecule has 144 valence electrons. The molecule has 0 unspecified atom stereocenters. The van der Waals surface area contributed by atoms with Crippen LogP contribution in [0.4, 0.5) is 0 Å². The van der Waals surface area contributed by atoms with Crippen LogP contribution in [-0.2, 0) is 15.6 Å².